The maximum Gasteiger partial charge on any atom is 0.132 e. The van der Waals surface area contributed by atoms with Crippen LogP contribution in [0.25, 0.3) is 0 Å². The van der Waals surface area contributed by atoms with E-state index in [9.17, 15) is 13.9 Å². The van der Waals surface area contributed by atoms with Crippen molar-refractivity contribution in [3.8, 4) is 0 Å². The number of halogens is 2. The Morgan fingerprint density at radius 2 is 1.89 bits per heavy atom. The number of hydrogen-bond acceptors (Lipinski definition) is 3. The van der Waals surface area contributed by atoms with Gasteiger partial charge in [0, 0.05) is 23.7 Å². The second kappa shape index (κ2) is 4.26. The molecule has 2 atom stereocenters. The molecule has 5 heteroatoms. The van der Waals surface area contributed by atoms with Gasteiger partial charge in [-0.05, 0) is 18.9 Å². The zero-order chi connectivity index (χ0) is 12.8. The average molecular weight is 255 g/mol. The van der Waals surface area contributed by atoms with E-state index in [-0.39, 0.29) is 17.6 Å². The molecule has 18 heavy (non-hydrogen) atoms. The highest BCUT2D eigenvalue weighted by Gasteiger charge is 2.43. The van der Waals surface area contributed by atoms with Gasteiger partial charge in [-0.3, -0.25) is 0 Å². The van der Waals surface area contributed by atoms with Crippen molar-refractivity contribution in [2.75, 3.05) is 13.2 Å². The Kier molecular flexibility index (Phi) is 2.84. The first-order valence-electron chi connectivity index (χ1n) is 6.08. The SMILES string of the molecule is OC1(c2ccc(F)cc2F)CC2COCC(C1)N2. The largest absolute Gasteiger partial charge is 0.385 e. The van der Waals surface area contributed by atoms with Gasteiger partial charge in [-0.15, -0.1) is 0 Å². The molecule has 0 spiro atoms. The summed E-state index contributed by atoms with van der Waals surface area (Å²) in [6.07, 6.45) is 0.762. The molecule has 0 saturated carbocycles. The van der Waals surface area contributed by atoms with Crippen LogP contribution in [0.15, 0.2) is 18.2 Å². The van der Waals surface area contributed by atoms with E-state index in [0.717, 1.165) is 6.07 Å². The molecule has 2 fully saturated rings. The predicted molar refractivity (Wildman–Crippen MR) is 61.0 cm³/mol. The van der Waals surface area contributed by atoms with E-state index < -0.39 is 17.2 Å². The Morgan fingerprint density at radius 3 is 2.50 bits per heavy atom. The van der Waals surface area contributed by atoms with Gasteiger partial charge in [0.1, 0.15) is 11.6 Å². The van der Waals surface area contributed by atoms with Crippen molar-refractivity contribution in [1.82, 2.24) is 5.32 Å². The Balaban J connectivity index is 1.94. The fourth-order valence-electron chi connectivity index (χ4n) is 3.00. The fraction of sp³-hybridized carbons (Fsp3) is 0.538. The van der Waals surface area contributed by atoms with Crippen LogP contribution in [0, 0.1) is 11.6 Å². The van der Waals surface area contributed by atoms with Gasteiger partial charge in [0.2, 0.25) is 0 Å². The maximum atomic E-state index is 13.8. The van der Waals surface area contributed by atoms with Crippen molar-refractivity contribution in [2.24, 2.45) is 0 Å². The molecule has 2 aliphatic rings. The number of piperidine rings is 1. The van der Waals surface area contributed by atoms with Crippen molar-refractivity contribution in [2.45, 2.75) is 30.5 Å². The highest BCUT2D eigenvalue weighted by molar-refractivity contribution is 5.27. The van der Waals surface area contributed by atoms with Gasteiger partial charge in [0.05, 0.1) is 18.8 Å². The quantitative estimate of drug-likeness (QED) is 0.795. The highest BCUT2D eigenvalue weighted by Crippen LogP contribution is 2.37. The molecular formula is C13H15F2NO2. The molecule has 2 heterocycles. The van der Waals surface area contributed by atoms with Gasteiger partial charge in [-0.1, -0.05) is 6.07 Å². The Bertz CT molecular complexity index is 454. The lowest BCUT2D eigenvalue weighted by Crippen LogP contribution is -2.58. The van der Waals surface area contributed by atoms with E-state index in [1.807, 2.05) is 0 Å². The third-order valence-corrected chi connectivity index (χ3v) is 3.71. The lowest BCUT2D eigenvalue weighted by atomic mass is 9.78. The van der Waals surface area contributed by atoms with Crippen LogP contribution in [0.5, 0.6) is 0 Å². The van der Waals surface area contributed by atoms with Crippen molar-refractivity contribution in [3.05, 3.63) is 35.4 Å². The van der Waals surface area contributed by atoms with Crippen LogP contribution in [0.4, 0.5) is 8.78 Å². The number of aliphatic hydroxyl groups is 1. The normalized spacial score (nSPS) is 35.5. The lowest BCUT2D eigenvalue weighted by Gasteiger charge is -2.45. The predicted octanol–water partition coefficient (Wildman–Crippen LogP) is 1.30. The number of fused-ring (bicyclic) bond motifs is 2. The summed E-state index contributed by atoms with van der Waals surface area (Å²) in [6.45, 7) is 1.03. The summed E-state index contributed by atoms with van der Waals surface area (Å²) in [5.41, 5.74) is -1.05. The molecule has 2 bridgehead atoms. The molecule has 0 radical (unpaired) electrons. The van der Waals surface area contributed by atoms with Crippen LogP contribution in [-0.2, 0) is 10.3 Å². The molecule has 2 N–H and O–H groups in total. The van der Waals surface area contributed by atoms with Crippen LogP contribution in [0.1, 0.15) is 18.4 Å². The van der Waals surface area contributed by atoms with E-state index in [4.69, 9.17) is 4.74 Å². The topological polar surface area (TPSA) is 41.5 Å². The molecule has 3 nitrogen and oxygen atoms in total. The van der Waals surface area contributed by atoms with Crippen molar-refractivity contribution >= 4 is 0 Å². The summed E-state index contributed by atoms with van der Waals surface area (Å²) < 4.78 is 32.1. The lowest BCUT2D eigenvalue weighted by molar-refractivity contribution is -0.0818. The van der Waals surface area contributed by atoms with E-state index in [2.05, 4.69) is 5.32 Å². The molecule has 3 rings (SSSR count). The average Bonchev–Trinajstić information content (AvgIpc) is 2.27. The second-order valence-electron chi connectivity index (χ2n) is 5.16. The van der Waals surface area contributed by atoms with E-state index in [1.165, 1.54) is 12.1 Å². The van der Waals surface area contributed by atoms with Gasteiger partial charge >= 0.3 is 0 Å². The number of morpholine rings is 1. The Hall–Kier alpha value is -1.04. The molecule has 1 aromatic carbocycles. The standard InChI is InChI=1S/C13H15F2NO2/c14-8-1-2-11(12(15)3-8)13(17)4-9-6-18-7-10(5-13)16-9/h1-3,9-10,16-17H,4-7H2. The molecule has 0 aromatic heterocycles. The van der Waals surface area contributed by atoms with Gasteiger partial charge in [-0.25, -0.2) is 8.78 Å². The van der Waals surface area contributed by atoms with Crippen LogP contribution in [0.2, 0.25) is 0 Å². The van der Waals surface area contributed by atoms with Crippen LogP contribution < -0.4 is 5.32 Å². The minimum Gasteiger partial charge on any atom is -0.385 e. The summed E-state index contributed by atoms with van der Waals surface area (Å²) in [5.74, 6) is -1.31. The first-order chi connectivity index (χ1) is 8.57. The van der Waals surface area contributed by atoms with E-state index in [1.54, 1.807) is 0 Å². The van der Waals surface area contributed by atoms with Crippen LogP contribution >= 0.6 is 0 Å². The van der Waals surface area contributed by atoms with Gasteiger partial charge in [0.15, 0.2) is 0 Å². The molecule has 0 amide bonds. The summed E-state index contributed by atoms with van der Waals surface area (Å²) in [5, 5.41) is 14.0. The van der Waals surface area contributed by atoms with Crippen molar-refractivity contribution in [1.29, 1.82) is 0 Å². The molecule has 1 aromatic rings. The summed E-state index contributed by atoms with van der Waals surface area (Å²) >= 11 is 0. The maximum absolute atomic E-state index is 13.8. The zero-order valence-corrected chi connectivity index (χ0v) is 9.83. The molecule has 98 valence electrons. The van der Waals surface area contributed by atoms with Crippen molar-refractivity contribution in [3.63, 3.8) is 0 Å². The number of rotatable bonds is 1. The molecule has 2 saturated heterocycles. The van der Waals surface area contributed by atoms with Gasteiger partial charge in [0.25, 0.3) is 0 Å². The molecule has 2 unspecified atom stereocenters. The monoisotopic (exact) mass is 255 g/mol. The first kappa shape index (κ1) is 12.0. The van der Waals surface area contributed by atoms with E-state index in [0.29, 0.717) is 26.1 Å². The molecule has 0 aliphatic carbocycles. The third-order valence-electron chi connectivity index (χ3n) is 3.71. The zero-order valence-electron chi connectivity index (χ0n) is 9.83. The van der Waals surface area contributed by atoms with Gasteiger partial charge < -0.3 is 15.2 Å². The minimum atomic E-state index is -1.23. The third kappa shape index (κ3) is 2.02. The highest BCUT2D eigenvalue weighted by atomic mass is 19.1. The van der Waals surface area contributed by atoms with Crippen molar-refractivity contribution < 1.29 is 18.6 Å². The Morgan fingerprint density at radius 1 is 1.22 bits per heavy atom. The summed E-state index contributed by atoms with van der Waals surface area (Å²) in [6, 6.07) is 3.39. The smallest absolute Gasteiger partial charge is 0.132 e. The Labute approximate surface area is 104 Å². The first-order valence-corrected chi connectivity index (χ1v) is 6.08. The molecular weight excluding hydrogens is 240 g/mol. The number of hydrogen-bond donors (Lipinski definition) is 2. The summed E-state index contributed by atoms with van der Waals surface area (Å²) in [7, 11) is 0. The van der Waals surface area contributed by atoms with Gasteiger partial charge in [-0.2, -0.15) is 0 Å². The fourth-order valence-corrected chi connectivity index (χ4v) is 3.00. The summed E-state index contributed by atoms with van der Waals surface area (Å²) in [4.78, 5) is 0. The van der Waals surface area contributed by atoms with Crippen LogP contribution in [0.3, 0.4) is 0 Å². The van der Waals surface area contributed by atoms with Crippen LogP contribution in [-0.4, -0.2) is 30.4 Å². The van der Waals surface area contributed by atoms with E-state index >= 15 is 0 Å². The minimum absolute atomic E-state index is 0.0203. The second-order valence-corrected chi connectivity index (χ2v) is 5.16. The number of benzene rings is 1. The number of ether oxygens (including phenoxy) is 1. The molecule has 2 aliphatic heterocycles. The number of nitrogens with one attached hydrogen (secondary N) is 1.